The van der Waals surface area contributed by atoms with Gasteiger partial charge >= 0.3 is 9.28 Å². The van der Waals surface area contributed by atoms with Crippen LogP contribution in [0.2, 0.25) is 5.54 Å². The molecule has 0 saturated heterocycles. The molecule has 1 aliphatic carbocycles. The first-order valence-electron chi connectivity index (χ1n) is 6.56. The summed E-state index contributed by atoms with van der Waals surface area (Å²) in [7, 11) is -1.40. The van der Waals surface area contributed by atoms with Crippen molar-refractivity contribution in [3.05, 3.63) is 0 Å². The molecule has 15 heavy (non-hydrogen) atoms. The Labute approximate surface area is 96.2 Å². The highest BCUT2D eigenvalue weighted by Gasteiger charge is 2.33. The maximum absolute atomic E-state index is 5.86. The molecule has 1 aliphatic rings. The first-order valence-corrected chi connectivity index (χ1v) is 8.17. The fourth-order valence-electron chi connectivity index (χ4n) is 2.76. The van der Waals surface area contributed by atoms with Gasteiger partial charge in [-0.2, -0.15) is 0 Å². The lowest BCUT2D eigenvalue weighted by atomic mass is 10.0. The topological polar surface area (TPSA) is 18.5 Å². The zero-order valence-corrected chi connectivity index (χ0v) is 11.7. The Morgan fingerprint density at radius 3 is 2.00 bits per heavy atom. The van der Waals surface area contributed by atoms with Crippen LogP contribution in [0, 0.1) is 5.92 Å². The highest BCUT2D eigenvalue weighted by atomic mass is 28.3. The third kappa shape index (κ3) is 3.89. The van der Waals surface area contributed by atoms with Gasteiger partial charge in [-0.15, -0.1) is 0 Å². The molecule has 0 aromatic rings. The van der Waals surface area contributed by atoms with Crippen molar-refractivity contribution >= 4 is 9.28 Å². The molecule has 1 rings (SSSR count). The fraction of sp³-hybridized carbons (Fsp3) is 1.00. The summed E-state index contributed by atoms with van der Waals surface area (Å²) in [4.78, 5) is 0. The van der Waals surface area contributed by atoms with Crippen LogP contribution in [0.15, 0.2) is 0 Å². The molecule has 0 bridgehead atoms. The van der Waals surface area contributed by atoms with Gasteiger partial charge in [0.1, 0.15) is 0 Å². The lowest BCUT2D eigenvalue weighted by molar-refractivity contribution is 0.192. The molecule has 0 aliphatic heterocycles. The third-order valence-corrected chi connectivity index (χ3v) is 6.53. The predicted molar refractivity (Wildman–Crippen MR) is 66.4 cm³/mol. The Bertz CT molecular complexity index is 152. The van der Waals surface area contributed by atoms with Gasteiger partial charge in [0.15, 0.2) is 0 Å². The predicted octanol–water partition coefficient (Wildman–Crippen LogP) is 3.25. The van der Waals surface area contributed by atoms with Gasteiger partial charge in [0.2, 0.25) is 0 Å². The largest absolute Gasteiger partial charge is 0.397 e. The molecular formula is C12H26O2Si. The van der Waals surface area contributed by atoms with E-state index in [2.05, 4.69) is 20.8 Å². The number of rotatable bonds is 7. The highest BCUT2D eigenvalue weighted by molar-refractivity contribution is 6.46. The molecule has 1 saturated carbocycles. The van der Waals surface area contributed by atoms with Crippen LogP contribution in [0.1, 0.15) is 52.9 Å². The van der Waals surface area contributed by atoms with Crippen LogP contribution in [0.5, 0.6) is 0 Å². The molecule has 1 unspecified atom stereocenters. The summed E-state index contributed by atoms with van der Waals surface area (Å²) in [6, 6.07) is 0. The molecule has 0 spiro atoms. The van der Waals surface area contributed by atoms with Crippen LogP contribution in [0.3, 0.4) is 0 Å². The second kappa shape index (κ2) is 7.42. The number of hydrogen-bond donors (Lipinski definition) is 0. The van der Waals surface area contributed by atoms with E-state index in [1.165, 1.54) is 32.1 Å². The second-order valence-corrected chi connectivity index (χ2v) is 6.66. The minimum atomic E-state index is -1.40. The van der Waals surface area contributed by atoms with Crippen molar-refractivity contribution in [2.24, 2.45) is 5.92 Å². The zero-order chi connectivity index (χ0) is 11.1. The van der Waals surface area contributed by atoms with Crippen molar-refractivity contribution in [1.29, 1.82) is 0 Å². The van der Waals surface area contributed by atoms with Crippen molar-refractivity contribution in [3.63, 3.8) is 0 Å². The Morgan fingerprint density at radius 2 is 1.60 bits per heavy atom. The van der Waals surface area contributed by atoms with Crippen molar-refractivity contribution in [1.82, 2.24) is 0 Å². The molecule has 0 amide bonds. The van der Waals surface area contributed by atoms with E-state index in [4.69, 9.17) is 8.85 Å². The first kappa shape index (κ1) is 13.2. The molecule has 0 N–H and O–H groups in total. The molecule has 90 valence electrons. The standard InChI is InChI=1S/C12H26O2Si/c1-4-12(11-9-7-8-10-11)15(13-5-2)14-6-3/h11-12,15H,4-10H2,1-3H3. The molecule has 3 heteroatoms. The Hall–Kier alpha value is 0.137. The quantitative estimate of drug-likeness (QED) is 0.625. The molecule has 1 fully saturated rings. The Balaban J connectivity index is 2.50. The van der Waals surface area contributed by atoms with Gasteiger partial charge in [0, 0.05) is 18.8 Å². The van der Waals surface area contributed by atoms with Crippen LogP contribution in [0.25, 0.3) is 0 Å². The summed E-state index contributed by atoms with van der Waals surface area (Å²) < 4.78 is 11.7. The molecule has 0 aromatic heterocycles. The maximum Gasteiger partial charge on any atom is 0.324 e. The number of hydrogen-bond acceptors (Lipinski definition) is 2. The molecule has 2 nitrogen and oxygen atoms in total. The Morgan fingerprint density at radius 1 is 1.07 bits per heavy atom. The minimum Gasteiger partial charge on any atom is -0.397 e. The summed E-state index contributed by atoms with van der Waals surface area (Å²) in [5.74, 6) is 0.893. The lowest BCUT2D eigenvalue weighted by Crippen LogP contribution is -2.32. The smallest absolute Gasteiger partial charge is 0.324 e. The van der Waals surface area contributed by atoms with Crippen molar-refractivity contribution in [3.8, 4) is 0 Å². The second-order valence-electron chi connectivity index (χ2n) is 4.40. The van der Waals surface area contributed by atoms with E-state index in [0.717, 1.165) is 24.7 Å². The molecule has 1 atom stereocenters. The van der Waals surface area contributed by atoms with Crippen molar-refractivity contribution < 1.29 is 8.85 Å². The molecule has 0 heterocycles. The van der Waals surface area contributed by atoms with Crippen LogP contribution < -0.4 is 0 Å². The van der Waals surface area contributed by atoms with E-state index < -0.39 is 9.28 Å². The normalized spacial score (nSPS) is 20.0. The average molecular weight is 230 g/mol. The van der Waals surface area contributed by atoms with E-state index in [1.807, 2.05) is 0 Å². The summed E-state index contributed by atoms with van der Waals surface area (Å²) in [6.45, 7) is 8.10. The molecular weight excluding hydrogens is 204 g/mol. The SMILES string of the molecule is CCO[SiH](OCC)C(CC)C1CCCC1. The van der Waals surface area contributed by atoms with E-state index in [1.54, 1.807) is 0 Å². The third-order valence-electron chi connectivity index (χ3n) is 3.49. The average Bonchev–Trinajstić information content (AvgIpc) is 2.73. The Kier molecular flexibility index (Phi) is 6.53. The maximum atomic E-state index is 5.86. The van der Waals surface area contributed by atoms with Crippen LogP contribution >= 0.6 is 0 Å². The van der Waals surface area contributed by atoms with E-state index in [9.17, 15) is 0 Å². The van der Waals surface area contributed by atoms with Gasteiger partial charge < -0.3 is 8.85 Å². The van der Waals surface area contributed by atoms with Crippen molar-refractivity contribution in [2.45, 2.75) is 58.4 Å². The van der Waals surface area contributed by atoms with Crippen LogP contribution in [0.4, 0.5) is 0 Å². The van der Waals surface area contributed by atoms with Gasteiger partial charge in [0.05, 0.1) is 0 Å². The summed E-state index contributed by atoms with van der Waals surface area (Å²) in [6.07, 6.45) is 6.88. The van der Waals surface area contributed by atoms with Gasteiger partial charge in [-0.25, -0.2) is 0 Å². The monoisotopic (exact) mass is 230 g/mol. The summed E-state index contributed by atoms with van der Waals surface area (Å²) in [5.41, 5.74) is 0.743. The van der Waals surface area contributed by atoms with E-state index in [-0.39, 0.29) is 0 Å². The zero-order valence-electron chi connectivity index (χ0n) is 10.5. The lowest BCUT2D eigenvalue weighted by Gasteiger charge is -2.28. The summed E-state index contributed by atoms with van der Waals surface area (Å²) >= 11 is 0. The highest BCUT2D eigenvalue weighted by Crippen LogP contribution is 2.38. The van der Waals surface area contributed by atoms with Gasteiger partial charge in [0.25, 0.3) is 0 Å². The minimum absolute atomic E-state index is 0.743. The van der Waals surface area contributed by atoms with Gasteiger partial charge in [-0.1, -0.05) is 39.0 Å². The van der Waals surface area contributed by atoms with Crippen LogP contribution in [-0.2, 0) is 8.85 Å². The molecule has 0 aromatic carbocycles. The van der Waals surface area contributed by atoms with Crippen LogP contribution in [-0.4, -0.2) is 22.5 Å². The van der Waals surface area contributed by atoms with Crippen molar-refractivity contribution in [2.75, 3.05) is 13.2 Å². The van der Waals surface area contributed by atoms with E-state index in [0.29, 0.717) is 0 Å². The summed E-state index contributed by atoms with van der Waals surface area (Å²) in [5, 5.41) is 0. The first-order chi connectivity index (χ1) is 7.33. The van der Waals surface area contributed by atoms with E-state index >= 15 is 0 Å². The van der Waals surface area contributed by atoms with Gasteiger partial charge in [-0.3, -0.25) is 0 Å². The fourth-order valence-corrected chi connectivity index (χ4v) is 5.22. The van der Waals surface area contributed by atoms with Gasteiger partial charge in [-0.05, 0) is 19.8 Å². The molecule has 0 radical (unpaired) electrons.